The van der Waals surface area contributed by atoms with Crippen LogP contribution in [-0.2, 0) is 9.59 Å². The standard InChI is InChI=1S/C23H26Br2N4O2/c1-16(18-8-12-20(24)13-9-18)26-28-22(30)6-4-3-5-7-23(31)29-27-17(2)19-10-14-21(25)15-11-19/h8-15H,3-7H2,1-2H3,(H,28,30)(H,29,31)/b26-16+,27-17+. The van der Waals surface area contributed by atoms with Crippen LogP contribution in [0.15, 0.2) is 67.7 Å². The summed E-state index contributed by atoms with van der Waals surface area (Å²) in [5.74, 6) is -0.258. The molecule has 0 bridgehead atoms. The average Bonchev–Trinajstić information content (AvgIpc) is 2.76. The zero-order valence-electron chi connectivity index (χ0n) is 17.6. The molecule has 2 aromatic rings. The summed E-state index contributed by atoms with van der Waals surface area (Å²) in [6.45, 7) is 3.70. The summed E-state index contributed by atoms with van der Waals surface area (Å²) in [5, 5.41) is 8.28. The van der Waals surface area contributed by atoms with Crippen molar-refractivity contribution in [2.45, 2.75) is 46.0 Å². The fourth-order valence-electron chi connectivity index (χ4n) is 2.66. The Morgan fingerprint density at radius 3 is 1.39 bits per heavy atom. The molecule has 8 heteroatoms. The van der Waals surface area contributed by atoms with Gasteiger partial charge in [0.1, 0.15) is 0 Å². The van der Waals surface area contributed by atoms with Crippen LogP contribution in [0.1, 0.15) is 57.1 Å². The van der Waals surface area contributed by atoms with Crippen molar-refractivity contribution in [3.63, 3.8) is 0 Å². The lowest BCUT2D eigenvalue weighted by molar-refractivity contribution is -0.121. The largest absolute Gasteiger partial charge is 0.273 e. The molecule has 0 saturated heterocycles. The average molecular weight is 550 g/mol. The number of nitrogens with zero attached hydrogens (tertiary/aromatic N) is 2. The van der Waals surface area contributed by atoms with Gasteiger partial charge in [-0.3, -0.25) is 9.59 Å². The molecule has 0 aromatic heterocycles. The molecule has 0 spiro atoms. The van der Waals surface area contributed by atoms with Crippen molar-refractivity contribution in [3.8, 4) is 0 Å². The first-order valence-electron chi connectivity index (χ1n) is 10.0. The molecule has 0 unspecified atom stereocenters. The van der Waals surface area contributed by atoms with Crippen molar-refractivity contribution >= 4 is 55.1 Å². The first-order valence-corrected chi connectivity index (χ1v) is 11.6. The van der Waals surface area contributed by atoms with Crippen LogP contribution in [0, 0.1) is 0 Å². The molecular weight excluding hydrogens is 524 g/mol. The van der Waals surface area contributed by atoms with Crippen LogP contribution in [0.25, 0.3) is 0 Å². The van der Waals surface area contributed by atoms with Crippen molar-refractivity contribution in [2.24, 2.45) is 10.2 Å². The van der Waals surface area contributed by atoms with Gasteiger partial charge in [-0.1, -0.05) is 62.5 Å². The Kier molecular flexibility index (Phi) is 10.6. The third kappa shape index (κ3) is 9.57. The number of benzene rings is 2. The van der Waals surface area contributed by atoms with Crippen LogP contribution in [0.2, 0.25) is 0 Å². The third-order valence-corrected chi connectivity index (χ3v) is 5.59. The molecule has 2 aromatic carbocycles. The van der Waals surface area contributed by atoms with E-state index in [1.807, 2.05) is 62.4 Å². The van der Waals surface area contributed by atoms with Gasteiger partial charge in [-0.05, 0) is 62.1 Å². The number of hydrogen-bond donors (Lipinski definition) is 2. The van der Waals surface area contributed by atoms with Crippen LogP contribution in [0.5, 0.6) is 0 Å². The van der Waals surface area contributed by atoms with Crippen molar-refractivity contribution < 1.29 is 9.59 Å². The highest BCUT2D eigenvalue weighted by Gasteiger charge is 2.04. The summed E-state index contributed by atoms with van der Waals surface area (Å²) in [5.41, 5.74) is 8.56. The predicted molar refractivity (Wildman–Crippen MR) is 132 cm³/mol. The van der Waals surface area contributed by atoms with E-state index < -0.39 is 0 Å². The first-order chi connectivity index (χ1) is 14.8. The maximum atomic E-state index is 11.9. The van der Waals surface area contributed by atoms with E-state index in [0.29, 0.717) is 25.7 Å². The molecule has 0 aliphatic heterocycles. The summed E-state index contributed by atoms with van der Waals surface area (Å²) >= 11 is 6.78. The smallest absolute Gasteiger partial charge is 0.240 e. The molecule has 0 fully saturated rings. The molecule has 0 radical (unpaired) electrons. The van der Waals surface area contributed by atoms with Gasteiger partial charge in [0.15, 0.2) is 0 Å². The number of carbonyl (C=O) groups excluding carboxylic acids is 2. The highest BCUT2D eigenvalue weighted by Crippen LogP contribution is 2.12. The summed E-state index contributed by atoms with van der Waals surface area (Å²) in [6.07, 6.45) is 2.94. The van der Waals surface area contributed by atoms with E-state index in [1.54, 1.807) is 0 Å². The molecule has 0 aliphatic carbocycles. The molecule has 0 atom stereocenters. The monoisotopic (exact) mass is 548 g/mol. The van der Waals surface area contributed by atoms with Gasteiger partial charge in [-0.15, -0.1) is 0 Å². The number of hydrogen-bond acceptors (Lipinski definition) is 4. The Balaban J connectivity index is 1.61. The van der Waals surface area contributed by atoms with Crippen LogP contribution in [-0.4, -0.2) is 23.2 Å². The fraction of sp³-hybridized carbons (Fsp3) is 0.304. The molecule has 2 rings (SSSR count). The Bertz CT molecular complexity index is 862. The van der Waals surface area contributed by atoms with E-state index in [-0.39, 0.29) is 11.8 Å². The van der Waals surface area contributed by atoms with E-state index in [1.165, 1.54) is 0 Å². The number of unbranched alkanes of at least 4 members (excludes halogenated alkanes) is 2. The molecule has 2 N–H and O–H groups in total. The van der Waals surface area contributed by atoms with E-state index >= 15 is 0 Å². The summed E-state index contributed by atoms with van der Waals surface area (Å²) in [7, 11) is 0. The van der Waals surface area contributed by atoms with Gasteiger partial charge in [0.25, 0.3) is 0 Å². The van der Waals surface area contributed by atoms with Crippen LogP contribution >= 0.6 is 31.9 Å². The topological polar surface area (TPSA) is 82.9 Å². The molecule has 0 saturated carbocycles. The van der Waals surface area contributed by atoms with E-state index in [2.05, 4.69) is 52.9 Å². The van der Waals surface area contributed by atoms with Crippen LogP contribution < -0.4 is 10.9 Å². The van der Waals surface area contributed by atoms with Gasteiger partial charge in [-0.25, -0.2) is 10.9 Å². The number of halogens is 2. The zero-order valence-corrected chi connectivity index (χ0v) is 20.8. The number of nitrogens with one attached hydrogen (secondary N) is 2. The summed E-state index contributed by atoms with van der Waals surface area (Å²) < 4.78 is 1.99. The van der Waals surface area contributed by atoms with Crippen molar-refractivity contribution in [1.82, 2.24) is 10.9 Å². The molecule has 0 heterocycles. The minimum atomic E-state index is -0.129. The second-order valence-electron chi connectivity index (χ2n) is 7.04. The maximum Gasteiger partial charge on any atom is 0.240 e. The number of hydrazone groups is 2. The van der Waals surface area contributed by atoms with E-state index in [9.17, 15) is 9.59 Å². The summed E-state index contributed by atoms with van der Waals surface area (Å²) in [6, 6.07) is 15.5. The fourth-order valence-corrected chi connectivity index (χ4v) is 3.19. The zero-order chi connectivity index (χ0) is 22.6. The van der Waals surface area contributed by atoms with Crippen LogP contribution in [0.4, 0.5) is 0 Å². The second kappa shape index (κ2) is 13.2. The molecule has 31 heavy (non-hydrogen) atoms. The molecule has 0 aliphatic rings. The molecule has 2 amide bonds. The Hall–Kier alpha value is -2.32. The van der Waals surface area contributed by atoms with Gasteiger partial charge in [0, 0.05) is 21.8 Å². The molecule has 164 valence electrons. The number of amides is 2. The highest BCUT2D eigenvalue weighted by atomic mass is 79.9. The van der Waals surface area contributed by atoms with Crippen molar-refractivity contribution in [3.05, 3.63) is 68.6 Å². The molecule has 6 nitrogen and oxygen atoms in total. The van der Waals surface area contributed by atoms with Gasteiger partial charge in [-0.2, -0.15) is 10.2 Å². The van der Waals surface area contributed by atoms with Crippen molar-refractivity contribution in [1.29, 1.82) is 0 Å². The number of carbonyl (C=O) groups is 2. The molecular formula is C23H26Br2N4O2. The lowest BCUT2D eigenvalue weighted by atomic mass is 10.1. The lowest BCUT2D eigenvalue weighted by Crippen LogP contribution is -2.19. The Morgan fingerprint density at radius 2 is 1.03 bits per heavy atom. The van der Waals surface area contributed by atoms with Gasteiger partial charge in [0.2, 0.25) is 11.8 Å². The minimum Gasteiger partial charge on any atom is -0.273 e. The minimum absolute atomic E-state index is 0.129. The van der Waals surface area contributed by atoms with Crippen molar-refractivity contribution in [2.75, 3.05) is 0 Å². The Morgan fingerprint density at radius 1 is 0.677 bits per heavy atom. The first kappa shape index (κ1) is 24.9. The Labute approximate surface area is 199 Å². The van der Waals surface area contributed by atoms with E-state index in [0.717, 1.165) is 37.9 Å². The summed E-state index contributed by atoms with van der Waals surface area (Å²) in [4.78, 5) is 23.9. The second-order valence-corrected chi connectivity index (χ2v) is 8.87. The van der Waals surface area contributed by atoms with Gasteiger partial charge >= 0.3 is 0 Å². The predicted octanol–water partition coefficient (Wildman–Crippen LogP) is 5.54. The number of rotatable bonds is 10. The highest BCUT2D eigenvalue weighted by molar-refractivity contribution is 9.10. The maximum absolute atomic E-state index is 11.9. The SMILES string of the molecule is C/C(=N\NC(=O)CCCCCC(=O)N/N=C(\C)c1ccc(Br)cc1)c1ccc(Br)cc1. The third-order valence-electron chi connectivity index (χ3n) is 4.53. The van der Waals surface area contributed by atoms with E-state index in [4.69, 9.17) is 0 Å². The quantitative estimate of drug-likeness (QED) is 0.231. The van der Waals surface area contributed by atoms with Crippen LogP contribution in [0.3, 0.4) is 0 Å². The van der Waals surface area contributed by atoms with Gasteiger partial charge in [0.05, 0.1) is 11.4 Å². The normalized spacial score (nSPS) is 11.9. The van der Waals surface area contributed by atoms with Gasteiger partial charge < -0.3 is 0 Å². The lowest BCUT2D eigenvalue weighted by Gasteiger charge is -2.04.